The first-order chi connectivity index (χ1) is 8.06. The van der Waals surface area contributed by atoms with Crippen molar-refractivity contribution in [2.24, 2.45) is 0 Å². The highest BCUT2D eigenvalue weighted by Crippen LogP contribution is 2.19. The van der Waals surface area contributed by atoms with Crippen LogP contribution in [0.4, 0.5) is 5.69 Å². The highest BCUT2D eigenvalue weighted by atomic mass is 35.5. The van der Waals surface area contributed by atoms with Gasteiger partial charge in [0.05, 0.1) is 0 Å². The summed E-state index contributed by atoms with van der Waals surface area (Å²) in [6.45, 7) is 1.98. The molecule has 0 unspecified atom stereocenters. The van der Waals surface area contributed by atoms with Crippen molar-refractivity contribution < 1.29 is 4.79 Å². The summed E-state index contributed by atoms with van der Waals surface area (Å²) < 4.78 is 0. The fourth-order valence-electron chi connectivity index (χ4n) is 1.62. The average Bonchev–Trinajstić information content (AvgIpc) is 2.28. The summed E-state index contributed by atoms with van der Waals surface area (Å²) in [6.07, 6.45) is 0. The minimum absolute atomic E-state index is 0.0702. The lowest BCUT2D eigenvalue weighted by atomic mass is 10.0. The maximum Gasteiger partial charge on any atom is 0.193 e. The minimum atomic E-state index is -0.0702. The largest absolute Gasteiger partial charge is 0.399 e. The summed E-state index contributed by atoms with van der Waals surface area (Å²) >= 11 is 5.87. The van der Waals surface area contributed by atoms with Gasteiger partial charge in [-0.15, -0.1) is 0 Å². The molecule has 0 bridgehead atoms. The summed E-state index contributed by atoms with van der Waals surface area (Å²) in [6, 6.07) is 12.3. The molecule has 0 atom stereocenters. The van der Waals surface area contributed by atoms with Gasteiger partial charge in [0.2, 0.25) is 0 Å². The van der Waals surface area contributed by atoms with Gasteiger partial charge in [-0.2, -0.15) is 0 Å². The van der Waals surface area contributed by atoms with Crippen molar-refractivity contribution in [2.45, 2.75) is 6.92 Å². The van der Waals surface area contributed by atoms with Crippen molar-refractivity contribution in [3.63, 3.8) is 0 Å². The normalized spacial score (nSPS) is 10.2. The number of nitrogens with two attached hydrogens (primary N) is 1. The van der Waals surface area contributed by atoms with Crippen LogP contribution in [0.1, 0.15) is 21.5 Å². The van der Waals surface area contributed by atoms with E-state index < -0.39 is 0 Å². The monoisotopic (exact) mass is 245 g/mol. The molecule has 2 nitrogen and oxygen atoms in total. The van der Waals surface area contributed by atoms with Crippen LogP contribution in [0, 0.1) is 6.92 Å². The van der Waals surface area contributed by atoms with Gasteiger partial charge in [-0.05, 0) is 25.1 Å². The first-order valence-corrected chi connectivity index (χ1v) is 5.61. The Balaban J connectivity index is 2.40. The van der Waals surface area contributed by atoms with Gasteiger partial charge in [0, 0.05) is 21.8 Å². The number of benzene rings is 2. The van der Waals surface area contributed by atoms with Crippen LogP contribution in [-0.4, -0.2) is 5.78 Å². The first-order valence-electron chi connectivity index (χ1n) is 5.24. The topological polar surface area (TPSA) is 43.1 Å². The smallest absolute Gasteiger partial charge is 0.193 e. The molecule has 2 aromatic rings. The van der Waals surface area contributed by atoms with Crippen molar-refractivity contribution in [1.82, 2.24) is 0 Å². The molecule has 3 heteroatoms. The van der Waals surface area contributed by atoms with E-state index in [-0.39, 0.29) is 5.78 Å². The van der Waals surface area contributed by atoms with E-state index >= 15 is 0 Å². The molecule has 0 saturated carbocycles. The van der Waals surface area contributed by atoms with E-state index in [1.165, 1.54) is 0 Å². The Morgan fingerprint density at radius 1 is 1.06 bits per heavy atom. The predicted molar refractivity (Wildman–Crippen MR) is 70.5 cm³/mol. The Labute approximate surface area is 105 Å². The molecule has 2 rings (SSSR count). The number of carbonyl (C=O) groups excluding carboxylic acids is 1. The van der Waals surface area contributed by atoms with Crippen LogP contribution in [-0.2, 0) is 0 Å². The fourth-order valence-corrected chi connectivity index (χ4v) is 1.86. The molecule has 0 radical (unpaired) electrons. The van der Waals surface area contributed by atoms with Crippen LogP contribution in [0.3, 0.4) is 0 Å². The van der Waals surface area contributed by atoms with Crippen molar-refractivity contribution >= 4 is 23.1 Å². The zero-order valence-electron chi connectivity index (χ0n) is 9.41. The number of anilines is 1. The van der Waals surface area contributed by atoms with Crippen LogP contribution in [0.15, 0.2) is 42.5 Å². The lowest BCUT2D eigenvalue weighted by molar-refractivity contribution is 0.103. The van der Waals surface area contributed by atoms with Gasteiger partial charge in [0.1, 0.15) is 0 Å². The molecule has 17 heavy (non-hydrogen) atoms. The molecule has 0 aliphatic heterocycles. The standard InChI is InChI=1S/C14H12ClNO/c1-9-2-4-10(5-3-9)14(17)11-6-12(15)8-13(16)7-11/h2-8H,16H2,1H3. The molecule has 0 aliphatic rings. The Bertz CT molecular complexity index is 541. The zero-order chi connectivity index (χ0) is 12.4. The Morgan fingerprint density at radius 3 is 2.29 bits per heavy atom. The summed E-state index contributed by atoms with van der Waals surface area (Å²) in [7, 11) is 0. The number of carbonyl (C=O) groups is 1. The molecule has 0 heterocycles. The lowest BCUT2D eigenvalue weighted by Gasteiger charge is -2.04. The second-order valence-electron chi connectivity index (χ2n) is 3.97. The van der Waals surface area contributed by atoms with Crippen molar-refractivity contribution in [3.05, 3.63) is 64.2 Å². The predicted octanol–water partition coefficient (Wildman–Crippen LogP) is 3.46. The summed E-state index contributed by atoms with van der Waals surface area (Å²) in [5.74, 6) is -0.0702. The van der Waals surface area contributed by atoms with Crippen LogP contribution in [0.25, 0.3) is 0 Å². The molecular formula is C14H12ClNO. The maximum atomic E-state index is 12.1. The SMILES string of the molecule is Cc1ccc(C(=O)c2cc(N)cc(Cl)c2)cc1. The van der Waals surface area contributed by atoms with E-state index in [0.29, 0.717) is 21.8 Å². The van der Waals surface area contributed by atoms with Gasteiger partial charge < -0.3 is 5.73 Å². The van der Waals surface area contributed by atoms with E-state index in [1.807, 2.05) is 19.1 Å². The molecular weight excluding hydrogens is 234 g/mol. The molecule has 0 aromatic heterocycles. The quantitative estimate of drug-likeness (QED) is 0.650. The molecule has 86 valence electrons. The maximum absolute atomic E-state index is 12.1. The van der Waals surface area contributed by atoms with Crippen LogP contribution < -0.4 is 5.73 Å². The van der Waals surface area contributed by atoms with Gasteiger partial charge in [-0.1, -0.05) is 41.4 Å². The minimum Gasteiger partial charge on any atom is -0.399 e. The molecule has 0 amide bonds. The highest BCUT2D eigenvalue weighted by molar-refractivity contribution is 6.31. The third-order valence-electron chi connectivity index (χ3n) is 2.50. The number of ketones is 1. The first kappa shape index (κ1) is 11.7. The van der Waals surface area contributed by atoms with E-state index in [2.05, 4.69) is 0 Å². The number of aryl methyl sites for hydroxylation is 1. The number of hydrogen-bond acceptors (Lipinski definition) is 2. The second-order valence-corrected chi connectivity index (χ2v) is 4.40. The fraction of sp³-hybridized carbons (Fsp3) is 0.0714. The number of nitrogen functional groups attached to an aromatic ring is 1. The molecule has 0 spiro atoms. The summed E-state index contributed by atoms with van der Waals surface area (Å²) in [5.41, 5.74) is 8.42. The Hall–Kier alpha value is -1.80. The van der Waals surface area contributed by atoms with E-state index in [9.17, 15) is 4.79 Å². The third-order valence-corrected chi connectivity index (χ3v) is 2.71. The van der Waals surface area contributed by atoms with E-state index in [4.69, 9.17) is 17.3 Å². The number of hydrogen-bond donors (Lipinski definition) is 1. The second kappa shape index (κ2) is 4.60. The number of halogens is 1. The molecule has 0 saturated heterocycles. The van der Waals surface area contributed by atoms with Crippen molar-refractivity contribution in [2.75, 3.05) is 5.73 Å². The van der Waals surface area contributed by atoms with Gasteiger partial charge in [0.25, 0.3) is 0 Å². The third kappa shape index (κ3) is 2.66. The highest BCUT2D eigenvalue weighted by Gasteiger charge is 2.10. The van der Waals surface area contributed by atoms with Crippen LogP contribution in [0.2, 0.25) is 5.02 Å². The molecule has 0 fully saturated rings. The average molecular weight is 246 g/mol. The van der Waals surface area contributed by atoms with Crippen LogP contribution in [0.5, 0.6) is 0 Å². The Morgan fingerprint density at radius 2 is 1.71 bits per heavy atom. The van der Waals surface area contributed by atoms with Gasteiger partial charge in [-0.3, -0.25) is 4.79 Å². The zero-order valence-corrected chi connectivity index (χ0v) is 10.2. The lowest BCUT2D eigenvalue weighted by Crippen LogP contribution is -2.02. The number of rotatable bonds is 2. The van der Waals surface area contributed by atoms with E-state index in [1.54, 1.807) is 30.3 Å². The van der Waals surface area contributed by atoms with E-state index in [0.717, 1.165) is 5.56 Å². The van der Waals surface area contributed by atoms with Crippen molar-refractivity contribution in [1.29, 1.82) is 0 Å². The van der Waals surface area contributed by atoms with Crippen LogP contribution >= 0.6 is 11.6 Å². The molecule has 2 N–H and O–H groups in total. The van der Waals surface area contributed by atoms with Gasteiger partial charge >= 0.3 is 0 Å². The summed E-state index contributed by atoms with van der Waals surface area (Å²) in [4.78, 5) is 12.1. The Kier molecular flexibility index (Phi) is 3.16. The molecule has 0 aliphatic carbocycles. The van der Waals surface area contributed by atoms with Gasteiger partial charge in [-0.25, -0.2) is 0 Å². The summed E-state index contributed by atoms with van der Waals surface area (Å²) in [5, 5.41) is 0.473. The van der Waals surface area contributed by atoms with Crippen molar-refractivity contribution in [3.8, 4) is 0 Å². The molecule has 2 aromatic carbocycles. The van der Waals surface area contributed by atoms with Gasteiger partial charge in [0.15, 0.2) is 5.78 Å².